The molecular weight excluding hydrogens is 224 g/mol. The first kappa shape index (κ1) is 16.5. The van der Waals surface area contributed by atoms with Gasteiger partial charge in [-0.05, 0) is 24.1 Å². The standard InChI is InChI=1S/C15H28OSi/c1-10-14(11-13(4)12(2)3)16-17(8,9)15(5,6)7/h1,12,14H,4,11H2,2-3,5-9H3. The highest BCUT2D eigenvalue weighted by atomic mass is 28.4. The molecule has 0 heterocycles. The van der Waals surface area contributed by atoms with E-state index in [4.69, 9.17) is 10.8 Å². The highest BCUT2D eigenvalue weighted by Crippen LogP contribution is 2.37. The zero-order chi connectivity index (χ0) is 13.9. The van der Waals surface area contributed by atoms with E-state index in [1.807, 2.05) is 0 Å². The Morgan fingerprint density at radius 1 is 1.35 bits per heavy atom. The second kappa shape index (κ2) is 5.89. The third-order valence-corrected chi connectivity index (χ3v) is 8.18. The average Bonchev–Trinajstić information content (AvgIpc) is 2.14. The van der Waals surface area contributed by atoms with Crippen LogP contribution >= 0.6 is 0 Å². The molecule has 0 spiro atoms. The first-order valence-corrected chi connectivity index (χ1v) is 9.23. The van der Waals surface area contributed by atoms with Gasteiger partial charge in [0.25, 0.3) is 0 Å². The van der Waals surface area contributed by atoms with Gasteiger partial charge in [-0.25, -0.2) is 0 Å². The van der Waals surface area contributed by atoms with Crippen molar-refractivity contribution in [1.29, 1.82) is 0 Å². The Hall–Kier alpha value is -0.523. The minimum absolute atomic E-state index is 0.120. The molecule has 1 nitrogen and oxygen atoms in total. The van der Waals surface area contributed by atoms with Gasteiger partial charge in [0.05, 0.1) is 0 Å². The molecule has 0 aromatic carbocycles. The number of terminal acetylenes is 1. The highest BCUT2D eigenvalue weighted by Gasteiger charge is 2.38. The summed E-state index contributed by atoms with van der Waals surface area (Å²) in [5.74, 6) is 3.23. The molecule has 98 valence electrons. The summed E-state index contributed by atoms with van der Waals surface area (Å²) < 4.78 is 6.21. The van der Waals surface area contributed by atoms with Crippen LogP contribution < -0.4 is 0 Å². The number of hydrogen-bond donors (Lipinski definition) is 0. The molecule has 0 N–H and O–H groups in total. The van der Waals surface area contributed by atoms with Gasteiger partial charge < -0.3 is 4.43 Å². The minimum Gasteiger partial charge on any atom is -0.403 e. The molecule has 1 unspecified atom stereocenters. The van der Waals surface area contributed by atoms with E-state index in [-0.39, 0.29) is 11.1 Å². The van der Waals surface area contributed by atoms with Crippen LogP contribution in [-0.4, -0.2) is 14.4 Å². The summed E-state index contributed by atoms with van der Waals surface area (Å²) in [4.78, 5) is 0. The fourth-order valence-electron chi connectivity index (χ4n) is 1.14. The quantitative estimate of drug-likeness (QED) is 0.394. The summed E-state index contributed by atoms with van der Waals surface area (Å²) in [6.45, 7) is 19.5. The third-order valence-electron chi connectivity index (χ3n) is 3.69. The van der Waals surface area contributed by atoms with Gasteiger partial charge in [0.15, 0.2) is 8.32 Å². The maximum absolute atomic E-state index is 6.21. The average molecular weight is 252 g/mol. The minimum atomic E-state index is -1.77. The second-order valence-electron chi connectivity index (χ2n) is 6.55. The number of hydrogen-bond acceptors (Lipinski definition) is 1. The summed E-state index contributed by atoms with van der Waals surface area (Å²) in [5, 5.41) is 0.196. The van der Waals surface area contributed by atoms with E-state index in [0.29, 0.717) is 5.92 Å². The molecule has 17 heavy (non-hydrogen) atoms. The van der Waals surface area contributed by atoms with Crippen LogP contribution in [0.4, 0.5) is 0 Å². The Morgan fingerprint density at radius 3 is 2.12 bits per heavy atom. The van der Waals surface area contributed by atoms with E-state index in [2.05, 4.69) is 60.2 Å². The summed E-state index contributed by atoms with van der Waals surface area (Å²) in [6, 6.07) is 0. The van der Waals surface area contributed by atoms with Gasteiger partial charge in [-0.2, -0.15) is 0 Å². The molecule has 0 aromatic heterocycles. The lowest BCUT2D eigenvalue weighted by Crippen LogP contribution is -2.43. The fourth-order valence-corrected chi connectivity index (χ4v) is 2.36. The van der Waals surface area contributed by atoms with Crippen LogP contribution in [0.5, 0.6) is 0 Å². The lowest BCUT2D eigenvalue weighted by molar-refractivity contribution is 0.231. The summed E-state index contributed by atoms with van der Waals surface area (Å²) in [5.41, 5.74) is 1.17. The Kier molecular flexibility index (Phi) is 5.70. The maximum atomic E-state index is 6.21. The van der Waals surface area contributed by atoms with Crippen molar-refractivity contribution in [3.05, 3.63) is 12.2 Å². The van der Waals surface area contributed by atoms with Gasteiger partial charge in [-0.3, -0.25) is 0 Å². The van der Waals surface area contributed by atoms with E-state index in [0.717, 1.165) is 6.42 Å². The Balaban J connectivity index is 4.64. The van der Waals surface area contributed by atoms with Crippen molar-refractivity contribution in [3.8, 4) is 12.3 Å². The second-order valence-corrected chi connectivity index (χ2v) is 11.3. The smallest absolute Gasteiger partial charge is 0.193 e. The van der Waals surface area contributed by atoms with Crippen molar-refractivity contribution < 1.29 is 4.43 Å². The van der Waals surface area contributed by atoms with Crippen molar-refractivity contribution in [3.63, 3.8) is 0 Å². The molecular formula is C15H28OSi. The van der Waals surface area contributed by atoms with Gasteiger partial charge in [-0.15, -0.1) is 6.42 Å². The van der Waals surface area contributed by atoms with E-state index < -0.39 is 8.32 Å². The molecule has 0 radical (unpaired) electrons. The van der Waals surface area contributed by atoms with Crippen LogP contribution in [0.1, 0.15) is 41.0 Å². The first-order valence-electron chi connectivity index (χ1n) is 6.33. The van der Waals surface area contributed by atoms with Crippen molar-refractivity contribution in [2.75, 3.05) is 0 Å². The maximum Gasteiger partial charge on any atom is 0.193 e. The predicted octanol–water partition coefficient (Wildman–Crippen LogP) is 4.61. The van der Waals surface area contributed by atoms with Gasteiger partial charge >= 0.3 is 0 Å². The van der Waals surface area contributed by atoms with Gasteiger partial charge in [0, 0.05) is 6.42 Å². The van der Waals surface area contributed by atoms with Crippen molar-refractivity contribution in [2.45, 2.75) is 65.3 Å². The van der Waals surface area contributed by atoms with E-state index in [9.17, 15) is 0 Å². The topological polar surface area (TPSA) is 9.23 Å². The molecule has 0 aromatic rings. The molecule has 0 amide bonds. The highest BCUT2D eigenvalue weighted by molar-refractivity contribution is 6.74. The van der Waals surface area contributed by atoms with Crippen LogP contribution in [0.3, 0.4) is 0 Å². The molecule has 0 aliphatic rings. The van der Waals surface area contributed by atoms with Crippen molar-refractivity contribution in [1.82, 2.24) is 0 Å². The first-order chi connectivity index (χ1) is 7.51. The van der Waals surface area contributed by atoms with E-state index in [1.54, 1.807) is 0 Å². The van der Waals surface area contributed by atoms with Crippen LogP contribution in [0.15, 0.2) is 12.2 Å². The van der Waals surface area contributed by atoms with Crippen LogP contribution in [0.25, 0.3) is 0 Å². The van der Waals surface area contributed by atoms with Crippen molar-refractivity contribution >= 4 is 8.32 Å². The Morgan fingerprint density at radius 2 is 1.82 bits per heavy atom. The molecule has 0 rings (SSSR count). The Labute approximate surface area is 109 Å². The lowest BCUT2D eigenvalue weighted by Gasteiger charge is -2.38. The molecule has 0 saturated heterocycles. The van der Waals surface area contributed by atoms with E-state index in [1.165, 1.54) is 5.57 Å². The van der Waals surface area contributed by atoms with Gasteiger partial charge in [0.2, 0.25) is 0 Å². The largest absolute Gasteiger partial charge is 0.403 e. The Bertz CT molecular complexity index is 302. The van der Waals surface area contributed by atoms with Crippen molar-refractivity contribution in [2.24, 2.45) is 5.92 Å². The van der Waals surface area contributed by atoms with E-state index >= 15 is 0 Å². The predicted molar refractivity (Wildman–Crippen MR) is 79.5 cm³/mol. The molecule has 0 aliphatic carbocycles. The summed E-state index contributed by atoms with van der Waals surface area (Å²) in [6.07, 6.45) is 6.24. The molecule has 0 aliphatic heterocycles. The van der Waals surface area contributed by atoms with Gasteiger partial charge in [0.1, 0.15) is 6.10 Å². The zero-order valence-electron chi connectivity index (χ0n) is 12.6. The molecule has 1 atom stereocenters. The van der Waals surface area contributed by atoms with Crippen LogP contribution in [0, 0.1) is 18.3 Å². The SMILES string of the molecule is C#CC(CC(=C)C(C)C)O[Si](C)(C)C(C)(C)C. The monoisotopic (exact) mass is 252 g/mol. The number of rotatable bonds is 5. The lowest BCUT2D eigenvalue weighted by atomic mass is 9.99. The molecule has 0 fully saturated rings. The zero-order valence-corrected chi connectivity index (χ0v) is 13.6. The van der Waals surface area contributed by atoms with Gasteiger partial charge in [-0.1, -0.05) is 52.7 Å². The molecule has 0 bridgehead atoms. The van der Waals surface area contributed by atoms with Crippen LogP contribution in [0.2, 0.25) is 18.1 Å². The summed E-state index contributed by atoms with van der Waals surface area (Å²) in [7, 11) is -1.77. The normalized spacial score (nSPS) is 14.5. The summed E-state index contributed by atoms with van der Waals surface area (Å²) >= 11 is 0. The van der Waals surface area contributed by atoms with Crippen LogP contribution in [-0.2, 0) is 4.43 Å². The molecule has 2 heteroatoms. The third kappa shape index (κ3) is 5.10. The fraction of sp³-hybridized carbons (Fsp3) is 0.733. The molecule has 0 saturated carbocycles.